The Hall–Kier alpha value is -2.87. The number of sulfonamides is 1. The highest BCUT2D eigenvalue weighted by Gasteiger charge is 2.16. The molecule has 8 heteroatoms. The zero-order chi connectivity index (χ0) is 18.8. The summed E-state index contributed by atoms with van der Waals surface area (Å²) in [6.07, 6.45) is 1.04. The van der Waals surface area contributed by atoms with Crippen LogP contribution in [0, 0.1) is 13.8 Å². The molecular weight excluding hydrogens is 342 g/mol. The lowest BCUT2D eigenvalue weighted by Gasteiger charge is -2.14. The number of benzene rings is 2. The van der Waals surface area contributed by atoms with E-state index in [2.05, 4.69) is 10.0 Å². The second kappa shape index (κ2) is 6.94. The van der Waals surface area contributed by atoms with Gasteiger partial charge in [-0.2, -0.15) is 0 Å². The van der Waals surface area contributed by atoms with Crippen LogP contribution in [0.4, 0.5) is 11.4 Å². The molecule has 25 heavy (non-hydrogen) atoms. The average molecular weight is 361 g/mol. The summed E-state index contributed by atoms with van der Waals surface area (Å²) in [6.45, 7) is 3.33. The number of primary amides is 1. The number of carbonyl (C=O) groups is 2. The van der Waals surface area contributed by atoms with Gasteiger partial charge in [-0.3, -0.25) is 14.3 Å². The van der Waals surface area contributed by atoms with E-state index >= 15 is 0 Å². The predicted octanol–water partition coefficient (Wildman–Crippen LogP) is 2.03. The molecule has 0 aliphatic rings. The minimum atomic E-state index is -3.46. The largest absolute Gasteiger partial charge is 0.366 e. The third-order valence-electron chi connectivity index (χ3n) is 3.72. The maximum Gasteiger partial charge on any atom is 0.256 e. The lowest BCUT2D eigenvalue weighted by molar-refractivity contribution is 0.0995. The first-order valence-corrected chi connectivity index (χ1v) is 9.27. The van der Waals surface area contributed by atoms with Gasteiger partial charge in [0, 0.05) is 16.8 Å². The van der Waals surface area contributed by atoms with Crippen LogP contribution in [0.1, 0.15) is 31.8 Å². The van der Waals surface area contributed by atoms with Crippen LogP contribution in [0.25, 0.3) is 0 Å². The monoisotopic (exact) mass is 361 g/mol. The van der Waals surface area contributed by atoms with Gasteiger partial charge in [-0.05, 0) is 49.2 Å². The van der Waals surface area contributed by atoms with E-state index in [9.17, 15) is 18.0 Å². The van der Waals surface area contributed by atoms with E-state index in [4.69, 9.17) is 5.73 Å². The van der Waals surface area contributed by atoms with Crippen molar-refractivity contribution in [2.75, 3.05) is 16.3 Å². The van der Waals surface area contributed by atoms with Gasteiger partial charge in [-0.25, -0.2) is 8.42 Å². The first-order valence-electron chi connectivity index (χ1n) is 7.38. The lowest BCUT2D eigenvalue weighted by Crippen LogP contribution is -2.18. The fraction of sp³-hybridized carbons (Fsp3) is 0.176. The van der Waals surface area contributed by atoms with Crippen molar-refractivity contribution in [3.05, 3.63) is 58.7 Å². The Bertz CT molecular complexity index is 952. The third-order valence-corrected chi connectivity index (χ3v) is 4.31. The van der Waals surface area contributed by atoms with Crippen LogP contribution < -0.4 is 15.8 Å². The molecule has 2 amide bonds. The van der Waals surface area contributed by atoms with Crippen LogP contribution in [0.15, 0.2) is 36.4 Å². The van der Waals surface area contributed by atoms with Crippen molar-refractivity contribution in [1.29, 1.82) is 0 Å². The van der Waals surface area contributed by atoms with Crippen molar-refractivity contribution in [1.82, 2.24) is 0 Å². The number of nitrogens with one attached hydrogen (secondary N) is 2. The highest BCUT2D eigenvalue weighted by atomic mass is 32.2. The lowest BCUT2D eigenvalue weighted by atomic mass is 10.0. The SMILES string of the molecule is Cc1c(NC(=O)c2cccc(NS(C)(=O)=O)c2C)cccc1C(N)=O. The van der Waals surface area contributed by atoms with Gasteiger partial charge in [-0.1, -0.05) is 12.1 Å². The Morgan fingerprint density at radius 2 is 1.44 bits per heavy atom. The van der Waals surface area contributed by atoms with Crippen molar-refractivity contribution in [2.24, 2.45) is 5.73 Å². The molecule has 4 N–H and O–H groups in total. The highest BCUT2D eigenvalue weighted by molar-refractivity contribution is 7.92. The molecule has 7 nitrogen and oxygen atoms in total. The summed E-state index contributed by atoms with van der Waals surface area (Å²) in [7, 11) is -3.46. The molecule has 0 unspecified atom stereocenters. The van der Waals surface area contributed by atoms with Crippen LogP contribution in [0.2, 0.25) is 0 Å². The van der Waals surface area contributed by atoms with Crippen LogP contribution in [-0.2, 0) is 10.0 Å². The van der Waals surface area contributed by atoms with Crippen molar-refractivity contribution >= 4 is 33.2 Å². The molecule has 0 saturated carbocycles. The number of anilines is 2. The van der Waals surface area contributed by atoms with E-state index in [0.29, 0.717) is 33.6 Å². The first-order chi connectivity index (χ1) is 11.6. The summed E-state index contributed by atoms with van der Waals surface area (Å²) in [4.78, 5) is 24.0. The van der Waals surface area contributed by atoms with Crippen molar-refractivity contribution in [3.8, 4) is 0 Å². The standard InChI is InChI=1S/C17H19N3O4S/c1-10-12(16(18)21)6-4-8-14(10)19-17(22)13-7-5-9-15(11(13)2)20-25(3,23)24/h4-9,20H,1-3H3,(H2,18,21)(H,19,22). The molecule has 0 atom stereocenters. The van der Waals surface area contributed by atoms with E-state index in [1.165, 1.54) is 0 Å². The predicted molar refractivity (Wildman–Crippen MR) is 97.3 cm³/mol. The van der Waals surface area contributed by atoms with Crippen LogP contribution in [0.3, 0.4) is 0 Å². The van der Waals surface area contributed by atoms with E-state index in [1.54, 1.807) is 50.2 Å². The third kappa shape index (κ3) is 4.36. The van der Waals surface area contributed by atoms with Gasteiger partial charge in [0.25, 0.3) is 5.91 Å². The second-order valence-corrected chi connectivity index (χ2v) is 7.40. The molecule has 0 spiro atoms. The van der Waals surface area contributed by atoms with Crippen molar-refractivity contribution in [2.45, 2.75) is 13.8 Å². The molecule has 2 rings (SSSR count). The van der Waals surface area contributed by atoms with Gasteiger partial charge in [0.2, 0.25) is 15.9 Å². The average Bonchev–Trinajstić information content (AvgIpc) is 2.49. The number of nitrogens with two attached hydrogens (primary N) is 1. The number of hydrogen-bond acceptors (Lipinski definition) is 4. The van der Waals surface area contributed by atoms with Gasteiger partial charge < -0.3 is 11.1 Å². The second-order valence-electron chi connectivity index (χ2n) is 5.65. The first kappa shape index (κ1) is 18.5. The highest BCUT2D eigenvalue weighted by Crippen LogP contribution is 2.23. The Labute approximate surface area is 146 Å². The van der Waals surface area contributed by atoms with Crippen LogP contribution in [-0.4, -0.2) is 26.5 Å². The van der Waals surface area contributed by atoms with Gasteiger partial charge in [0.15, 0.2) is 0 Å². The molecule has 0 saturated heterocycles. The van der Waals surface area contributed by atoms with Crippen LogP contribution in [0.5, 0.6) is 0 Å². The number of hydrogen-bond donors (Lipinski definition) is 3. The van der Waals surface area contributed by atoms with E-state index in [0.717, 1.165) is 6.26 Å². The molecule has 0 heterocycles. The normalized spacial score (nSPS) is 11.0. The summed E-state index contributed by atoms with van der Waals surface area (Å²) in [5, 5.41) is 2.73. The Balaban J connectivity index is 2.35. The number of rotatable bonds is 5. The Morgan fingerprint density at radius 1 is 0.920 bits per heavy atom. The van der Waals surface area contributed by atoms with Crippen molar-refractivity contribution < 1.29 is 18.0 Å². The summed E-state index contributed by atoms with van der Waals surface area (Å²) in [6, 6.07) is 9.61. The van der Waals surface area contributed by atoms with Gasteiger partial charge >= 0.3 is 0 Å². The summed E-state index contributed by atoms with van der Waals surface area (Å²) in [5.41, 5.74) is 7.80. The maximum atomic E-state index is 12.6. The number of amides is 2. The zero-order valence-electron chi connectivity index (χ0n) is 14.1. The molecule has 0 aliphatic carbocycles. The van der Waals surface area contributed by atoms with Crippen LogP contribution >= 0.6 is 0 Å². The maximum absolute atomic E-state index is 12.6. The molecular formula is C17H19N3O4S. The van der Waals surface area contributed by atoms with E-state index in [1.807, 2.05) is 0 Å². The summed E-state index contributed by atoms with van der Waals surface area (Å²) < 4.78 is 25.2. The molecule has 132 valence electrons. The quantitative estimate of drug-likeness (QED) is 0.755. The van der Waals surface area contributed by atoms with Gasteiger partial charge in [0.05, 0.1) is 11.9 Å². The fourth-order valence-corrected chi connectivity index (χ4v) is 3.04. The molecule has 2 aromatic rings. The minimum absolute atomic E-state index is 0.317. The Kier molecular flexibility index (Phi) is 5.13. The smallest absolute Gasteiger partial charge is 0.256 e. The molecule has 0 aliphatic heterocycles. The minimum Gasteiger partial charge on any atom is -0.366 e. The summed E-state index contributed by atoms with van der Waals surface area (Å²) in [5.74, 6) is -0.997. The van der Waals surface area contributed by atoms with E-state index < -0.39 is 21.8 Å². The summed E-state index contributed by atoms with van der Waals surface area (Å²) >= 11 is 0. The Morgan fingerprint density at radius 3 is 2.00 bits per heavy atom. The zero-order valence-corrected chi connectivity index (χ0v) is 14.9. The van der Waals surface area contributed by atoms with Gasteiger partial charge in [0.1, 0.15) is 0 Å². The number of carbonyl (C=O) groups excluding carboxylic acids is 2. The van der Waals surface area contributed by atoms with Gasteiger partial charge in [-0.15, -0.1) is 0 Å². The van der Waals surface area contributed by atoms with E-state index in [-0.39, 0.29) is 0 Å². The fourth-order valence-electron chi connectivity index (χ4n) is 2.42. The molecule has 0 radical (unpaired) electrons. The van der Waals surface area contributed by atoms with Crippen molar-refractivity contribution in [3.63, 3.8) is 0 Å². The molecule has 0 bridgehead atoms. The topological polar surface area (TPSA) is 118 Å². The molecule has 0 fully saturated rings. The molecule has 2 aromatic carbocycles. The molecule has 0 aromatic heterocycles.